The maximum absolute atomic E-state index is 10.5. The molecule has 2 fully saturated rings. The quantitative estimate of drug-likeness (QED) is 0.526. The predicted molar refractivity (Wildman–Crippen MR) is 92.4 cm³/mol. The van der Waals surface area contributed by atoms with Crippen LogP contribution >= 0.6 is 11.8 Å². The van der Waals surface area contributed by atoms with Crippen molar-refractivity contribution >= 4 is 17.7 Å². The number of aliphatic carboxylic acids is 1. The number of unbranched alkanes of at least 4 members (excludes halogenated alkanes) is 4. The van der Waals surface area contributed by atoms with Gasteiger partial charge in [-0.15, -0.1) is 0 Å². The number of fused-ring (bicyclic) bond motifs is 2. The first-order valence-electron chi connectivity index (χ1n) is 9.17. The van der Waals surface area contributed by atoms with Crippen LogP contribution in [0.15, 0.2) is 0 Å². The minimum atomic E-state index is -0.659. The second-order valence-corrected chi connectivity index (χ2v) is 8.38. The van der Waals surface area contributed by atoms with E-state index in [1.165, 1.54) is 44.9 Å². The zero-order chi connectivity index (χ0) is 15.8. The van der Waals surface area contributed by atoms with Crippen LogP contribution in [0.1, 0.15) is 71.1 Å². The number of hydrogen-bond acceptors (Lipinski definition) is 3. The second-order valence-electron chi connectivity index (χ2n) is 6.89. The summed E-state index contributed by atoms with van der Waals surface area (Å²) in [4.78, 5) is 10.5. The fraction of sp³-hybridized carbons (Fsp3) is 0.944. The van der Waals surface area contributed by atoms with Gasteiger partial charge < -0.3 is 9.84 Å². The van der Waals surface area contributed by atoms with Gasteiger partial charge in [-0.1, -0.05) is 32.6 Å². The molecule has 2 aliphatic heterocycles. The molecule has 0 amide bonds. The Bertz CT molecular complexity index is 334. The molecular weight excluding hydrogens is 296 g/mol. The van der Waals surface area contributed by atoms with Gasteiger partial charge in [0.1, 0.15) is 0 Å². The molecule has 2 aliphatic rings. The van der Waals surface area contributed by atoms with Crippen molar-refractivity contribution < 1.29 is 14.6 Å². The Morgan fingerprint density at radius 2 is 1.82 bits per heavy atom. The highest BCUT2D eigenvalue weighted by Gasteiger charge is 2.47. The lowest BCUT2D eigenvalue weighted by atomic mass is 9.77. The topological polar surface area (TPSA) is 46.5 Å². The van der Waals surface area contributed by atoms with Crippen LogP contribution in [0, 0.1) is 11.8 Å². The normalized spacial score (nSPS) is 30.0. The summed E-state index contributed by atoms with van der Waals surface area (Å²) in [5, 5.41) is 10.4. The average molecular weight is 329 g/mol. The lowest BCUT2D eigenvalue weighted by Crippen LogP contribution is -2.31. The summed E-state index contributed by atoms with van der Waals surface area (Å²) in [5.74, 6) is 0.971. The standard InChI is InChI=1S/C18H32O3S/c1-2-3-12-21-13-15-14(16-10-11-17(15)22-16)8-6-4-5-7-9-18(19)20/h14-17H,2-13H2,1H3,(H,19,20)/t14-,15+,16-,17+/m1/s1. The first-order valence-corrected chi connectivity index (χ1v) is 10.1. The SMILES string of the molecule is CCCCOC[C@H]1[C@@H](CCCCCCC(=O)O)[C@H]2CC[C@@H]1S2. The molecular formula is C18H32O3S. The maximum atomic E-state index is 10.5. The van der Waals surface area contributed by atoms with E-state index in [1.807, 2.05) is 0 Å². The Morgan fingerprint density at radius 1 is 1.09 bits per heavy atom. The van der Waals surface area contributed by atoms with Gasteiger partial charge >= 0.3 is 5.97 Å². The van der Waals surface area contributed by atoms with Crippen LogP contribution in [-0.4, -0.2) is 34.8 Å². The monoisotopic (exact) mass is 328 g/mol. The minimum absolute atomic E-state index is 0.331. The number of rotatable bonds is 12. The van der Waals surface area contributed by atoms with Gasteiger partial charge in [0.25, 0.3) is 0 Å². The highest BCUT2D eigenvalue weighted by atomic mass is 32.2. The van der Waals surface area contributed by atoms with Crippen LogP contribution in [0.25, 0.3) is 0 Å². The molecule has 0 aliphatic carbocycles. The lowest BCUT2D eigenvalue weighted by molar-refractivity contribution is -0.137. The van der Waals surface area contributed by atoms with Crippen molar-refractivity contribution in [2.75, 3.05) is 13.2 Å². The number of carboxylic acids is 1. The van der Waals surface area contributed by atoms with E-state index in [0.717, 1.165) is 48.4 Å². The summed E-state index contributed by atoms with van der Waals surface area (Å²) in [6.07, 6.45) is 11.2. The van der Waals surface area contributed by atoms with Crippen LogP contribution < -0.4 is 0 Å². The first kappa shape index (κ1) is 18.1. The molecule has 0 radical (unpaired) electrons. The molecule has 4 atom stereocenters. The Kier molecular flexibility index (Phi) is 8.09. The van der Waals surface area contributed by atoms with E-state index in [4.69, 9.17) is 9.84 Å². The zero-order valence-corrected chi connectivity index (χ0v) is 14.8. The van der Waals surface area contributed by atoms with Gasteiger partial charge in [0.15, 0.2) is 0 Å². The number of carbonyl (C=O) groups is 1. The second kappa shape index (κ2) is 9.82. The zero-order valence-electron chi connectivity index (χ0n) is 14.0. The number of carboxylic acid groups (broad SMARTS) is 1. The van der Waals surface area contributed by atoms with Gasteiger partial charge in [-0.05, 0) is 43.9 Å². The molecule has 0 saturated carbocycles. The first-order chi connectivity index (χ1) is 10.7. The summed E-state index contributed by atoms with van der Waals surface area (Å²) in [7, 11) is 0. The molecule has 2 bridgehead atoms. The van der Waals surface area contributed by atoms with Crippen molar-refractivity contribution in [2.24, 2.45) is 11.8 Å². The van der Waals surface area contributed by atoms with Gasteiger partial charge in [-0.2, -0.15) is 11.8 Å². The van der Waals surface area contributed by atoms with E-state index in [0.29, 0.717) is 6.42 Å². The average Bonchev–Trinajstić information content (AvgIpc) is 3.08. The summed E-state index contributed by atoms with van der Waals surface area (Å²) >= 11 is 2.23. The molecule has 0 unspecified atom stereocenters. The molecule has 0 aromatic rings. The van der Waals surface area contributed by atoms with E-state index in [1.54, 1.807) is 0 Å². The molecule has 128 valence electrons. The maximum Gasteiger partial charge on any atom is 0.303 e. The summed E-state index contributed by atoms with van der Waals surface area (Å²) in [6.45, 7) is 4.11. The van der Waals surface area contributed by atoms with Crippen LogP contribution in [-0.2, 0) is 9.53 Å². The Labute approximate surface area is 139 Å². The smallest absolute Gasteiger partial charge is 0.303 e. The van der Waals surface area contributed by atoms with Gasteiger partial charge in [0, 0.05) is 23.5 Å². The van der Waals surface area contributed by atoms with E-state index < -0.39 is 5.97 Å². The highest BCUT2D eigenvalue weighted by molar-refractivity contribution is 8.01. The fourth-order valence-corrected chi connectivity index (χ4v) is 5.99. The molecule has 2 saturated heterocycles. The Hall–Kier alpha value is -0.220. The van der Waals surface area contributed by atoms with E-state index in [-0.39, 0.29) is 0 Å². The van der Waals surface area contributed by atoms with Crippen molar-refractivity contribution in [2.45, 2.75) is 81.6 Å². The third-order valence-corrected chi connectivity index (χ3v) is 7.09. The van der Waals surface area contributed by atoms with Crippen LogP contribution in [0.4, 0.5) is 0 Å². The van der Waals surface area contributed by atoms with Crippen LogP contribution in [0.3, 0.4) is 0 Å². The Balaban J connectivity index is 1.63. The fourth-order valence-electron chi connectivity index (χ4n) is 3.98. The van der Waals surface area contributed by atoms with E-state index in [9.17, 15) is 4.79 Å². The van der Waals surface area contributed by atoms with Gasteiger partial charge in [-0.25, -0.2) is 0 Å². The third-order valence-electron chi connectivity index (χ3n) is 5.22. The van der Waals surface area contributed by atoms with E-state index >= 15 is 0 Å². The number of ether oxygens (including phenoxy) is 1. The molecule has 3 nitrogen and oxygen atoms in total. The van der Waals surface area contributed by atoms with Crippen LogP contribution in [0.2, 0.25) is 0 Å². The van der Waals surface area contributed by atoms with Crippen molar-refractivity contribution in [1.82, 2.24) is 0 Å². The number of thioether (sulfide) groups is 1. The molecule has 0 spiro atoms. The van der Waals surface area contributed by atoms with Crippen molar-refractivity contribution in [1.29, 1.82) is 0 Å². The van der Waals surface area contributed by atoms with Crippen LogP contribution in [0.5, 0.6) is 0 Å². The van der Waals surface area contributed by atoms with Gasteiger partial charge in [-0.3, -0.25) is 4.79 Å². The van der Waals surface area contributed by atoms with Gasteiger partial charge in [0.05, 0.1) is 6.61 Å². The molecule has 0 aromatic carbocycles. The molecule has 0 aromatic heterocycles. The van der Waals surface area contributed by atoms with Crippen molar-refractivity contribution in [3.8, 4) is 0 Å². The minimum Gasteiger partial charge on any atom is -0.481 e. The van der Waals surface area contributed by atoms with E-state index in [2.05, 4.69) is 18.7 Å². The summed E-state index contributed by atoms with van der Waals surface area (Å²) in [5.41, 5.74) is 0. The molecule has 22 heavy (non-hydrogen) atoms. The Morgan fingerprint density at radius 3 is 2.55 bits per heavy atom. The molecule has 2 heterocycles. The summed E-state index contributed by atoms with van der Waals surface area (Å²) in [6, 6.07) is 0. The molecule has 4 heteroatoms. The number of hydrogen-bond donors (Lipinski definition) is 1. The molecule has 1 N–H and O–H groups in total. The lowest BCUT2D eigenvalue weighted by Gasteiger charge is -2.29. The summed E-state index contributed by atoms with van der Waals surface area (Å²) < 4.78 is 5.93. The van der Waals surface area contributed by atoms with Crippen molar-refractivity contribution in [3.63, 3.8) is 0 Å². The van der Waals surface area contributed by atoms with Gasteiger partial charge in [0.2, 0.25) is 0 Å². The third kappa shape index (κ3) is 5.45. The molecule has 2 rings (SSSR count). The highest BCUT2D eigenvalue weighted by Crippen LogP contribution is 2.54. The largest absolute Gasteiger partial charge is 0.481 e. The predicted octanol–water partition coefficient (Wildman–Crippen LogP) is 4.74. The van der Waals surface area contributed by atoms with Crippen molar-refractivity contribution in [3.05, 3.63) is 0 Å².